The van der Waals surface area contributed by atoms with Crippen molar-refractivity contribution in [1.82, 2.24) is 14.9 Å². The standard InChI is InChI=1S/C17H16ClF3N4O2/c1-27-15-12(3-2-4-22-15)16(26)25-7-5-24(6-8-25)14-13(18)9-11(10-23-14)17(19,20)21/h2-4,9-10H,5-8H2,1H3. The number of halogens is 4. The molecule has 0 radical (unpaired) electrons. The number of aromatic nitrogens is 2. The highest BCUT2D eigenvalue weighted by atomic mass is 35.5. The van der Waals surface area contributed by atoms with E-state index in [1.165, 1.54) is 13.3 Å². The zero-order valence-corrected chi connectivity index (χ0v) is 15.1. The third-order valence-electron chi connectivity index (χ3n) is 4.21. The van der Waals surface area contributed by atoms with E-state index in [1.807, 2.05) is 0 Å². The van der Waals surface area contributed by atoms with Gasteiger partial charge in [-0.3, -0.25) is 4.79 Å². The van der Waals surface area contributed by atoms with Crippen molar-refractivity contribution < 1.29 is 22.7 Å². The van der Waals surface area contributed by atoms with Crippen molar-refractivity contribution >= 4 is 23.3 Å². The van der Waals surface area contributed by atoms with E-state index in [1.54, 1.807) is 21.9 Å². The minimum Gasteiger partial charge on any atom is -0.480 e. The molecule has 3 heterocycles. The SMILES string of the molecule is COc1ncccc1C(=O)N1CCN(c2ncc(C(F)(F)F)cc2Cl)CC1. The van der Waals surface area contributed by atoms with Crippen LogP contribution in [0.25, 0.3) is 0 Å². The number of pyridine rings is 2. The second-order valence-corrected chi connectivity index (χ2v) is 6.27. The molecule has 144 valence electrons. The number of rotatable bonds is 3. The molecule has 0 bridgehead atoms. The minimum absolute atomic E-state index is 0.0708. The Morgan fingerprint density at radius 2 is 1.93 bits per heavy atom. The number of piperazine rings is 1. The van der Waals surface area contributed by atoms with Crippen LogP contribution in [0.15, 0.2) is 30.6 Å². The molecule has 1 saturated heterocycles. The van der Waals surface area contributed by atoms with Gasteiger partial charge in [0.05, 0.1) is 17.7 Å². The van der Waals surface area contributed by atoms with Crippen molar-refractivity contribution in [3.8, 4) is 5.88 Å². The summed E-state index contributed by atoms with van der Waals surface area (Å²) in [6.07, 6.45) is -2.20. The van der Waals surface area contributed by atoms with Gasteiger partial charge in [-0.1, -0.05) is 11.6 Å². The molecule has 1 amide bonds. The van der Waals surface area contributed by atoms with Gasteiger partial charge in [-0.05, 0) is 18.2 Å². The van der Waals surface area contributed by atoms with Crippen molar-refractivity contribution in [2.24, 2.45) is 0 Å². The van der Waals surface area contributed by atoms with Crippen LogP contribution in [0.1, 0.15) is 15.9 Å². The molecule has 2 aromatic heterocycles. The Bertz CT molecular complexity index is 839. The number of carbonyl (C=O) groups excluding carboxylic acids is 1. The summed E-state index contributed by atoms with van der Waals surface area (Å²) in [5.74, 6) is 0.305. The van der Waals surface area contributed by atoms with Gasteiger partial charge in [0.2, 0.25) is 5.88 Å². The molecule has 3 rings (SSSR count). The van der Waals surface area contributed by atoms with Crippen molar-refractivity contribution in [3.05, 3.63) is 46.7 Å². The van der Waals surface area contributed by atoms with Gasteiger partial charge in [-0.25, -0.2) is 9.97 Å². The van der Waals surface area contributed by atoms with Crippen LogP contribution in [0, 0.1) is 0 Å². The lowest BCUT2D eigenvalue weighted by Gasteiger charge is -2.36. The van der Waals surface area contributed by atoms with E-state index in [2.05, 4.69) is 9.97 Å². The predicted octanol–water partition coefficient (Wildman–Crippen LogP) is 3.12. The summed E-state index contributed by atoms with van der Waals surface area (Å²) in [6.45, 7) is 1.53. The average molecular weight is 401 g/mol. The highest BCUT2D eigenvalue weighted by Crippen LogP contribution is 2.33. The number of ether oxygens (including phenoxy) is 1. The van der Waals surface area contributed by atoms with E-state index in [-0.39, 0.29) is 22.6 Å². The summed E-state index contributed by atoms with van der Waals surface area (Å²) in [5.41, 5.74) is -0.534. The third kappa shape index (κ3) is 4.08. The molecule has 0 unspecified atom stereocenters. The smallest absolute Gasteiger partial charge is 0.417 e. The number of hydrogen-bond donors (Lipinski definition) is 0. The molecule has 0 aliphatic carbocycles. The lowest BCUT2D eigenvalue weighted by atomic mass is 10.2. The first-order valence-corrected chi connectivity index (χ1v) is 8.45. The number of alkyl halides is 3. The van der Waals surface area contributed by atoms with Crippen LogP contribution in [0.4, 0.5) is 19.0 Å². The van der Waals surface area contributed by atoms with E-state index in [0.29, 0.717) is 31.7 Å². The van der Waals surface area contributed by atoms with Gasteiger partial charge in [0.25, 0.3) is 5.91 Å². The maximum atomic E-state index is 12.7. The van der Waals surface area contributed by atoms with E-state index in [9.17, 15) is 18.0 Å². The van der Waals surface area contributed by atoms with Crippen LogP contribution in [-0.2, 0) is 6.18 Å². The first kappa shape index (κ1) is 19.2. The van der Waals surface area contributed by atoms with Crippen LogP contribution in [-0.4, -0.2) is 54.1 Å². The number of methoxy groups -OCH3 is 1. The molecule has 1 aliphatic rings. The average Bonchev–Trinajstić information content (AvgIpc) is 2.67. The molecule has 2 aromatic rings. The monoisotopic (exact) mass is 400 g/mol. The molecule has 10 heteroatoms. The molecule has 1 aliphatic heterocycles. The maximum absolute atomic E-state index is 12.7. The summed E-state index contributed by atoms with van der Waals surface area (Å²) in [4.78, 5) is 23.9. The Morgan fingerprint density at radius 3 is 2.52 bits per heavy atom. The normalized spacial score (nSPS) is 15.0. The van der Waals surface area contributed by atoms with E-state index in [4.69, 9.17) is 16.3 Å². The second kappa shape index (κ2) is 7.59. The summed E-state index contributed by atoms with van der Waals surface area (Å²) in [6, 6.07) is 4.15. The lowest BCUT2D eigenvalue weighted by Crippen LogP contribution is -2.49. The maximum Gasteiger partial charge on any atom is 0.417 e. The Balaban J connectivity index is 1.69. The zero-order chi connectivity index (χ0) is 19.6. The van der Waals surface area contributed by atoms with Crippen LogP contribution >= 0.6 is 11.6 Å². The fourth-order valence-corrected chi connectivity index (χ4v) is 3.11. The largest absolute Gasteiger partial charge is 0.480 e. The van der Waals surface area contributed by atoms with E-state index < -0.39 is 11.7 Å². The third-order valence-corrected chi connectivity index (χ3v) is 4.49. The summed E-state index contributed by atoms with van der Waals surface area (Å²) in [7, 11) is 1.44. The molecule has 0 spiro atoms. The molecular formula is C17H16ClF3N4O2. The van der Waals surface area contributed by atoms with Crippen molar-refractivity contribution in [2.45, 2.75) is 6.18 Å². The van der Waals surface area contributed by atoms with Gasteiger partial charge in [0.15, 0.2) is 0 Å². The van der Waals surface area contributed by atoms with Crippen LogP contribution in [0.2, 0.25) is 5.02 Å². The number of amides is 1. The van der Waals surface area contributed by atoms with Crippen molar-refractivity contribution in [2.75, 3.05) is 38.2 Å². The highest BCUT2D eigenvalue weighted by Gasteiger charge is 2.32. The number of hydrogen-bond acceptors (Lipinski definition) is 5. The summed E-state index contributed by atoms with van der Waals surface area (Å²) < 4.78 is 43.3. The van der Waals surface area contributed by atoms with Crippen LogP contribution in [0.3, 0.4) is 0 Å². The van der Waals surface area contributed by atoms with Gasteiger partial charge in [0.1, 0.15) is 11.4 Å². The van der Waals surface area contributed by atoms with Gasteiger partial charge < -0.3 is 14.5 Å². The molecular weight excluding hydrogens is 385 g/mol. The topological polar surface area (TPSA) is 58.6 Å². The predicted molar refractivity (Wildman–Crippen MR) is 93.2 cm³/mol. The van der Waals surface area contributed by atoms with E-state index in [0.717, 1.165) is 12.3 Å². The zero-order valence-electron chi connectivity index (χ0n) is 14.3. The number of carbonyl (C=O) groups is 1. The molecule has 0 atom stereocenters. The first-order chi connectivity index (χ1) is 12.8. The Morgan fingerprint density at radius 1 is 1.22 bits per heavy atom. The van der Waals surface area contributed by atoms with Crippen molar-refractivity contribution in [3.63, 3.8) is 0 Å². The van der Waals surface area contributed by atoms with Gasteiger partial charge in [-0.15, -0.1) is 0 Å². The quantitative estimate of drug-likeness (QED) is 0.792. The van der Waals surface area contributed by atoms with Crippen molar-refractivity contribution in [1.29, 1.82) is 0 Å². The molecule has 27 heavy (non-hydrogen) atoms. The molecule has 0 aromatic carbocycles. The number of anilines is 1. The van der Waals surface area contributed by atoms with Crippen LogP contribution < -0.4 is 9.64 Å². The molecule has 0 N–H and O–H groups in total. The molecule has 0 saturated carbocycles. The molecule has 1 fully saturated rings. The van der Waals surface area contributed by atoms with Gasteiger partial charge in [0, 0.05) is 38.6 Å². The minimum atomic E-state index is -4.50. The Labute approximate surface area is 158 Å². The first-order valence-electron chi connectivity index (χ1n) is 8.07. The van der Waals surface area contributed by atoms with Gasteiger partial charge >= 0.3 is 6.18 Å². The van der Waals surface area contributed by atoms with Crippen LogP contribution in [0.5, 0.6) is 5.88 Å². The van der Waals surface area contributed by atoms with Gasteiger partial charge in [-0.2, -0.15) is 13.2 Å². The van der Waals surface area contributed by atoms with E-state index >= 15 is 0 Å². The summed E-state index contributed by atoms with van der Waals surface area (Å²) >= 11 is 5.99. The Kier molecular flexibility index (Phi) is 5.41. The molecule has 6 nitrogen and oxygen atoms in total. The highest BCUT2D eigenvalue weighted by molar-refractivity contribution is 6.33. The second-order valence-electron chi connectivity index (χ2n) is 5.87. The summed E-state index contributed by atoms with van der Waals surface area (Å²) in [5, 5.41) is -0.0708. The fourth-order valence-electron chi connectivity index (χ4n) is 2.83. The fraction of sp³-hybridized carbons (Fsp3) is 0.353. The number of nitrogens with zero attached hydrogens (tertiary/aromatic N) is 4. The lowest BCUT2D eigenvalue weighted by molar-refractivity contribution is -0.137. The Hall–Kier alpha value is -2.55.